The molecular formula is C14H20O3S3. The van der Waals surface area contributed by atoms with E-state index in [9.17, 15) is 0 Å². The molecule has 2 heterocycles. The van der Waals surface area contributed by atoms with Crippen LogP contribution in [0.4, 0.5) is 0 Å². The Morgan fingerprint density at radius 2 is 1.60 bits per heavy atom. The van der Waals surface area contributed by atoms with Crippen LogP contribution in [-0.2, 0) is 14.2 Å². The van der Waals surface area contributed by atoms with Crippen LogP contribution in [-0.4, -0.2) is 37.9 Å². The summed E-state index contributed by atoms with van der Waals surface area (Å²) < 4.78 is 16.4. The summed E-state index contributed by atoms with van der Waals surface area (Å²) in [4.78, 5) is 2.74. The van der Waals surface area contributed by atoms with Gasteiger partial charge in [0.15, 0.2) is 0 Å². The molecule has 2 atom stereocenters. The van der Waals surface area contributed by atoms with Gasteiger partial charge in [0.1, 0.15) is 18.1 Å². The van der Waals surface area contributed by atoms with Crippen molar-refractivity contribution >= 4 is 34.9 Å². The highest BCUT2D eigenvalue weighted by molar-refractivity contribution is 8.06. The predicted octanol–water partition coefficient (Wildman–Crippen LogP) is 4.24. The zero-order valence-corrected chi connectivity index (χ0v) is 14.6. The van der Waals surface area contributed by atoms with Crippen LogP contribution in [0.3, 0.4) is 0 Å². The Labute approximate surface area is 133 Å². The molecule has 0 N–H and O–H groups in total. The van der Waals surface area contributed by atoms with E-state index in [-0.39, 0.29) is 0 Å². The van der Waals surface area contributed by atoms with E-state index in [1.807, 2.05) is 37.4 Å². The molecule has 2 unspecified atom stereocenters. The van der Waals surface area contributed by atoms with Gasteiger partial charge in [0.25, 0.3) is 0 Å². The third-order valence-corrected chi connectivity index (χ3v) is 7.22. The summed E-state index contributed by atoms with van der Waals surface area (Å²) in [6, 6.07) is 0. The van der Waals surface area contributed by atoms with E-state index < -0.39 is 0 Å². The lowest BCUT2D eigenvalue weighted by Gasteiger charge is -2.30. The Hall–Kier alpha value is -0.300. The van der Waals surface area contributed by atoms with Crippen molar-refractivity contribution in [2.45, 2.75) is 34.1 Å². The van der Waals surface area contributed by atoms with Gasteiger partial charge in [-0.3, -0.25) is 0 Å². The van der Waals surface area contributed by atoms with Crippen molar-refractivity contribution in [1.82, 2.24) is 0 Å². The molecule has 1 aromatic heterocycles. The molecule has 0 saturated heterocycles. The molecular weight excluding hydrogens is 312 g/mol. The summed E-state index contributed by atoms with van der Waals surface area (Å²) in [7, 11) is 3.42. The van der Waals surface area contributed by atoms with Gasteiger partial charge in [0.2, 0.25) is 0 Å². The van der Waals surface area contributed by atoms with Crippen molar-refractivity contribution in [2.75, 3.05) is 27.4 Å². The highest BCUT2D eigenvalue weighted by atomic mass is 32.2. The lowest BCUT2D eigenvalue weighted by molar-refractivity contribution is 0.160. The highest BCUT2D eigenvalue weighted by Gasteiger charge is 2.31. The van der Waals surface area contributed by atoms with Crippen molar-refractivity contribution in [3.63, 3.8) is 0 Å². The Morgan fingerprint density at radius 3 is 2.15 bits per heavy atom. The molecule has 0 aliphatic carbocycles. The fraction of sp³-hybridized carbons (Fsp3) is 0.571. The van der Waals surface area contributed by atoms with Crippen molar-refractivity contribution in [3.05, 3.63) is 22.3 Å². The normalized spacial score (nSPS) is 23.0. The van der Waals surface area contributed by atoms with E-state index in [0.717, 1.165) is 18.1 Å². The van der Waals surface area contributed by atoms with Gasteiger partial charge in [-0.2, -0.15) is 11.3 Å². The zero-order valence-electron chi connectivity index (χ0n) is 12.2. The summed E-state index contributed by atoms with van der Waals surface area (Å²) in [6.45, 7) is 5.28. The largest absolute Gasteiger partial charge is 0.498 e. The van der Waals surface area contributed by atoms with E-state index >= 15 is 0 Å². The van der Waals surface area contributed by atoms with Crippen molar-refractivity contribution in [2.24, 2.45) is 0 Å². The molecule has 0 aromatic carbocycles. The van der Waals surface area contributed by atoms with Crippen LogP contribution < -0.4 is 0 Å². The Kier molecular flexibility index (Phi) is 6.14. The molecule has 0 saturated carbocycles. The molecule has 6 heteroatoms. The molecule has 3 nitrogen and oxygen atoms in total. The first-order valence-corrected chi connectivity index (χ1v) is 9.08. The zero-order chi connectivity index (χ0) is 14.5. The number of ether oxygens (including phenoxy) is 3. The van der Waals surface area contributed by atoms with Gasteiger partial charge < -0.3 is 14.2 Å². The SMILES string of the molecule is COCC1Sc2cscc2SC1CO/C(C)=C(/C)OC. The third kappa shape index (κ3) is 3.87. The number of allylic oxidation sites excluding steroid dienone is 2. The van der Waals surface area contributed by atoms with Gasteiger partial charge in [0.05, 0.1) is 19.0 Å². The molecule has 0 bridgehead atoms. The quantitative estimate of drug-likeness (QED) is 0.726. The summed E-state index contributed by atoms with van der Waals surface area (Å²) in [6.07, 6.45) is 0. The van der Waals surface area contributed by atoms with Gasteiger partial charge >= 0.3 is 0 Å². The van der Waals surface area contributed by atoms with Gasteiger partial charge in [-0.15, -0.1) is 23.5 Å². The maximum absolute atomic E-state index is 5.87. The van der Waals surface area contributed by atoms with Gasteiger partial charge in [-0.1, -0.05) is 0 Å². The minimum absolute atomic E-state index is 0.390. The van der Waals surface area contributed by atoms with Crippen molar-refractivity contribution in [3.8, 4) is 0 Å². The van der Waals surface area contributed by atoms with E-state index in [1.54, 1.807) is 25.6 Å². The number of rotatable bonds is 6. The van der Waals surface area contributed by atoms with E-state index in [0.29, 0.717) is 17.1 Å². The standard InChI is InChI=1S/C14H20O3S3/c1-9(16-4)10(2)17-6-12-11(5-15-3)19-13-7-18-8-14(13)20-12/h7-8,11-12H,5-6H2,1-4H3/b10-9-. The van der Waals surface area contributed by atoms with Crippen LogP contribution in [0.15, 0.2) is 32.1 Å². The van der Waals surface area contributed by atoms with Crippen molar-refractivity contribution in [1.29, 1.82) is 0 Å². The first-order chi connectivity index (χ1) is 9.65. The average molecular weight is 333 g/mol. The smallest absolute Gasteiger partial charge is 0.130 e. The molecule has 0 fully saturated rings. The van der Waals surface area contributed by atoms with E-state index in [4.69, 9.17) is 14.2 Å². The fourth-order valence-electron chi connectivity index (χ4n) is 1.82. The summed E-state index contributed by atoms with van der Waals surface area (Å²) in [5.41, 5.74) is 0. The molecule has 0 spiro atoms. The van der Waals surface area contributed by atoms with Crippen LogP contribution >= 0.6 is 34.9 Å². The fourth-order valence-corrected chi connectivity index (χ4v) is 5.74. The Balaban J connectivity index is 2.01. The second-order valence-corrected chi connectivity index (χ2v) is 7.80. The Bertz CT molecular complexity index is 470. The lowest BCUT2D eigenvalue weighted by Crippen LogP contribution is -2.31. The summed E-state index contributed by atoms with van der Waals surface area (Å²) in [5.74, 6) is 1.68. The predicted molar refractivity (Wildman–Crippen MR) is 86.8 cm³/mol. The second-order valence-electron chi connectivity index (χ2n) is 4.50. The van der Waals surface area contributed by atoms with Crippen LogP contribution in [0.25, 0.3) is 0 Å². The number of methoxy groups -OCH3 is 2. The molecule has 20 heavy (non-hydrogen) atoms. The molecule has 1 aromatic rings. The minimum atomic E-state index is 0.390. The van der Waals surface area contributed by atoms with Gasteiger partial charge in [-0.25, -0.2) is 0 Å². The van der Waals surface area contributed by atoms with Crippen molar-refractivity contribution < 1.29 is 14.2 Å². The monoisotopic (exact) mass is 332 g/mol. The molecule has 2 rings (SSSR count). The van der Waals surface area contributed by atoms with Crippen LogP contribution in [0.2, 0.25) is 0 Å². The first-order valence-electron chi connectivity index (χ1n) is 6.38. The molecule has 112 valence electrons. The van der Waals surface area contributed by atoms with E-state index in [1.165, 1.54) is 9.79 Å². The second kappa shape index (κ2) is 7.64. The number of hydrogen-bond acceptors (Lipinski definition) is 6. The van der Waals surface area contributed by atoms with Crippen LogP contribution in [0, 0.1) is 0 Å². The number of thiophene rings is 1. The minimum Gasteiger partial charge on any atom is -0.498 e. The average Bonchev–Trinajstić information content (AvgIpc) is 2.91. The first kappa shape index (κ1) is 16.1. The third-order valence-electron chi connectivity index (χ3n) is 3.16. The topological polar surface area (TPSA) is 27.7 Å². The van der Waals surface area contributed by atoms with E-state index in [2.05, 4.69) is 10.8 Å². The Morgan fingerprint density at radius 1 is 1.00 bits per heavy atom. The van der Waals surface area contributed by atoms with Gasteiger partial charge in [-0.05, 0) is 13.8 Å². The molecule has 1 aliphatic rings. The summed E-state index contributed by atoms with van der Waals surface area (Å²) >= 11 is 5.55. The number of hydrogen-bond donors (Lipinski definition) is 0. The number of fused-ring (bicyclic) bond motifs is 1. The molecule has 1 aliphatic heterocycles. The lowest BCUT2D eigenvalue weighted by atomic mass is 10.3. The summed E-state index contributed by atoms with van der Waals surface area (Å²) in [5, 5.41) is 5.24. The highest BCUT2D eigenvalue weighted by Crippen LogP contribution is 2.47. The van der Waals surface area contributed by atoms with Gasteiger partial charge in [0, 0.05) is 32.9 Å². The van der Waals surface area contributed by atoms with Crippen LogP contribution in [0.5, 0.6) is 0 Å². The van der Waals surface area contributed by atoms with Crippen LogP contribution in [0.1, 0.15) is 13.8 Å². The maximum atomic E-state index is 5.87. The maximum Gasteiger partial charge on any atom is 0.130 e. The number of thioether (sulfide) groups is 2. The molecule has 0 radical (unpaired) electrons. The molecule has 0 amide bonds.